The summed E-state index contributed by atoms with van der Waals surface area (Å²) in [5, 5.41) is 15.2. The Morgan fingerprint density at radius 2 is 1.95 bits per heavy atom. The van der Waals surface area contributed by atoms with Crippen LogP contribution in [0.2, 0.25) is 0 Å². The lowest BCUT2D eigenvalue weighted by molar-refractivity contribution is -0.0494. The van der Waals surface area contributed by atoms with Gasteiger partial charge in [0.05, 0.1) is 29.5 Å². The molecule has 5 aromatic rings. The third-order valence-corrected chi connectivity index (χ3v) is 7.74. The average molecular weight is 586 g/mol. The number of nitrogens with zero attached hydrogens (tertiary/aromatic N) is 8. The van der Waals surface area contributed by atoms with Gasteiger partial charge in [-0.25, -0.2) is 17.9 Å². The first-order valence-electron chi connectivity index (χ1n) is 12.2. The zero-order chi connectivity index (χ0) is 29.3. The Labute approximate surface area is 232 Å². The number of amides is 1. The number of halogens is 2. The van der Waals surface area contributed by atoms with Gasteiger partial charge in [-0.2, -0.15) is 24.1 Å². The molecule has 4 aromatic heterocycles. The summed E-state index contributed by atoms with van der Waals surface area (Å²) in [5.74, 6) is -0.911. The van der Waals surface area contributed by atoms with Crippen molar-refractivity contribution in [2.24, 2.45) is 7.05 Å². The molecule has 41 heavy (non-hydrogen) atoms. The fourth-order valence-corrected chi connectivity index (χ4v) is 5.30. The highest BCUT2D eigenvalue weighted by molar-refractivity contribution is 7.91. The minimum absolute atomic E-state index is 0.0136. The van der Waals surface area contributed by atoms with Crippen LogP contribution in [0.15, 0.2) is 71.2 Å². The number of anilines is 1. The zero-order valence-electron chi connectivity index (χ0n) is 22.1. The van der Waals surface area contributed by atoms with Gasteiger partial charge in [-0.1, -0.05) is 0 Å². The fraction of sp³-hybridized carbons (Fsp3) is 0.240. The number of carbonyl (C=O) groups is 1. The predicted molar refractivity (Wildman–Crippen MR) is 142 cm³/mol. The summed E-state index contributed by atoms with van der Waals surface area (Å²) >= 11 is 0. The molecule has 0 saturated carbocycles. The van der Waals surface area contributed by atoms with Crippen molar-refractivity contribution in [2.75, 3.05) is 26.0 Å². The summed E-state index contributed by atoms with van der Waals surface area (Å²) in [4.78, 5) is 19.0. The van der Waals surface area contributed by atoms with Crippen molar-refractivity contribution in [3.63, 3.8) is 0 Å². The first-order valence-corrected chi connectivity index (χ1v) is 13.7. The van der Waals surface area contributed by atoms with Crippen LogP contribution >= 0.6 is 0 Å². The van der Waals surface area contributed by atoms with Gasteiger partial charge in [0.15, 0.2) is 5.65 Å². The molecule has 0 aliphatic rings. The Morgan fingerprint density at radius 3 is 2.71 bits per heavy atom. The second-order valence-corrected chi connectivity index (χ2v) is 11.2. The first-order chi connectivity index (χ1) is 19.5. The molecule has 0 aliphatic heterocycles. The van der Waals surface area contributed by atoms with Gasteiger partial charge in [-0.15, -0.1) is 0 Å². The third kappa shape index (κ3) is 5.78. The summed E-state index contributed by atoms with van der Waals surface area (Å²) in [6.45, 7) is -2.09. The molecule has 4 heterocycles. The topological polar surface area (TPSA) is 142 Å². The molecule has 0 fully saturated rings. The van der Waals surface area contributed by atoms with Crippen LogP contribution < -0.4 is 10.1 Å². The molecule has 0 aliphatic carbocycles. The van der Waals surface area contributed by atoms with Crippen molar-refractivity contribution >= 4 is 27.1 Å². The van der Waals surface area contributed by atoms with E-state index in [0.717, 1.165) is 6.07 Å². The standard InChI is InChI=1S/C25H25F2N9O4S/c1-33(2)9-10-35-14-17(12-29-35)41(38,39)16-5-6-21(40-25(26)27)18(11-16)22-20(15-34(3)32-22)31-24(37)19-13-30-36-8-4-7-28-23(19)36/h4-8,11-15,25H,9-10H2,1-3H3,(H,31,37). The lowest BCUT2D eigenvalue weighted by Gasteiger charge is -2.13. The van der Waals surface area contributed by atoms with E-state index in [9.17, 15) is 22.0 Å². The quantitative estimate of drug-likeness (QED) is 0.262. The van der Waals surface area contributed by atoms with Crippen LogP contribution in [-0.2, 0) is 23.4 Å². The van der Waals surface area contributed by atoms with Crippen molar-refractivity contribution in [2.45, 2.75) is 22.9 Å². The maximum Gasteiger partial charge on any atom is 0.387 e. The Balaban J connectivity index is 1.53. The summed E-state index contributed by atoms with van der Waals surface area (Å²) in [7, 11) is 1.23. The van der Waals surface area contributed by atoms with E-state index in [4.69, 9.17) is 4.74 Å². The van der Waals surface area contributed by atoms with Crippen LogP contribution in [0.1, 0.15) is 10.4 Å². The molecule has 1 amide bonds. The molecule has 13 nitrogen and oxygen atoms in total. The molecule has 0 atom stereocenters. The van der Waals surface area contributed by atoms with E-state index in [1.807, 2.05) is 19.0 Å². The van der Waals surface area contributed by atoms with E-state index in [-0.39, 0.29) is 38.0 Å². The number of fused-ring (bicyclic) bond motifs is 1. The number of aryl methyl sites for hydroxylation is 1. The lowest BCUT2D eigenvalue weighted by Crippen LogP contribution is -2.18. The number of aromatic nitrogens is 7. The minimum Gasteiger partial charge on any atom is -0.434 e. The molecular weight excluding hydrogens is 560 g/mol. The van der Waals surface area contributed by atoms with E-state index in [1.165, 1.54) is 57.0 Å². The number of rotatable bonds is 10. The molecule has 16 heteroatoms. The Bertz CT molecular complexity index is 1830. The second kappa shape index (κ2) is 11.1. The fourth-order valence-electron chi connectivity index (χ4n) is 4.06. The number of hydrogen-bond acceptors (Lipinski definition) is 9. The monoisotopic (exact) mass is 585 g/mol. The highest BCUT2D eigenvalue weighted by Crippen LogP contribution is 2.38. The number of ether oxygens (including phenoxy) is 1. The second-order valence-electron chi connectivity index (χ2n) is 9.25. The molecule has 0 spiro atoms. The zero-order valence-corrected chi connectivity index (χ0v) is 23.0. The van der Waals surface area contributed by atoms with Crippen molar-refractivity contribution in [1.29, 1.82) is 0 Å². The van der Waals surface area contributed by atoms with Crippen LogP contribution in [0.25, 0.3) is 16.9 Å². The van der Waals surface area contributed by atoms with E-state index in [1.54, 1.807) is 19.3 Å². The molecule has 0 radical (unpaired) electrons. The maximum atomic E-state index is 13.5. The third-order valence-electron chi connectivity index (χ3n) is 6.03. The summed E-state index contributed by atoms with van der Waals surface area (Å²) in [6.07, 6.45) is 8.55. The Hall–Kier alpha value is -4.70. The summed E-state index contributed by atoms with van der Waals surface area (Å²) in [5.41, 5.74) is 0.529. The number of benzene rings is 1. The van der Waals surface area contributed by atoms with Crippen LogP contribution in [0.5, 0.6) is 5.75 Å². The highest BCUT2D eigenvalue weighted by Gasteiger charge is 2.26. The highest BCUT2D eigenvalue weighted by atomic mass is 32.2. The molecule has 214 valence electrons. The van der Waals surface area contributed by atoms with Gasteiger partial charge < -0.3 is 15.0 Å². The van der Waals surface area contributed by atoms with E-state index in [2.05, 4.69) is 25.6 Å². The molecule has 5 rings (SSSR count). The van der Waals surface area contributed by atoms with E-state index in [0.29, 0.717) is 18.7 Å². The summed E-state index contributed by atoms with van der Waals surface area (Å²) in [6, 6.07) is 5.13. The number of likely N-dealkylation sites (N-methyl/N-ethyl adjacent to an activating group) is 1. The van der Waals surface area contributed by atoms with Crippen molar-refractivity contribution < 1.29 is 26.7 Å². The molecule has 0 saturated heterocycles. The number of carbonyl (C=O) groups excluding carboxylic acids is 1. The normalized spacial score (nSPS) is 12.0. The minimum atomic E-state index is -4.10. The Kier molecular flexibility index (Phi) is 7.51. The number of hydrogen-bond donors (Lipinski definition) is 1. The van der Waals surface area contributed by atoms with Gasteiger partial charge in [0.2, 0.25) is 9.84 Å². The number of alkyl halides is 2. The van der Waals surface area contributed by atoms with Crippen molar-refractivity contribution in [3.8, 4) is 17.0 Å². The van der Waals surface area contributed by atoms with Gasteiger partial charge in [0.25, 0.3) is 5.91 Å². The van der Waals surface area contributed by atoms with Crippen LogP contribution in [0, 0.1) is 0 Å². The lowest BCUT2D eigenvalue weighted by atomic mass is 10.1. The van der Waals surface area contributed by atoms with Gasteiger partial charge in [-0.3, -0.25) is 14.2 Å². The SMILES string of the molecule is CN(C)CCn1cc(S(=O)(=O)c2ccc(OC(F)F)c(-c3nn(C)cc3NC(=O)c3cnn4cccnc34)c2)cn1. The van der Waals surface area contributed by atoms with E-state index >= 15 is 0 Å². The van der Waals surface area contributed by atoms with Crippen LogP contribution in [0.3, 0.4) is 0 Å². The smallest absolute Gasteiger partial charge is 0.387 e. The van der Waals surface area contributed by atoms with Crippen LogP contribution in [0.4, 0.5) is 14.5 Å². The summed E-state index contributed by atoms with van der Waals surface area (Å²) < 4.78 is 62.6. The number of nitrogens with one attached hydrogen (secondary N) is 1. The van der Waals surface area contributed by atoms with Gasteiger partial charge in [0.1, 0.15) is 21.9 Å². The number of sulfone groups is 1. The van der Waals surface area contributed by atoms with Crippen molar-refractivity contribution in [1.82, 2.24) is 39.1 Å². The Morgan fingerprint density at radius 1 is 1.15 bits per heavy atom. The predicted octanol–water partition coefficient (Wildman–Crippen LogP) is 2.57. The maximum absolute atomic E-state index is 13.5. The van der Waals surface area contributed by atoms with Gasteiger partial charge in [-0.05, 0) is 38.4 Å². The molecule has 0 unspecified atom stereocenters. The van der Waals surface area contributed by atoms with Crippen molar-refractivity contribution in [3.05, 3.63) is 67.0 Å². The molecule has 1 N–H and O–H groups in total. The first kappa shape index (κ1) is 27.9. The molecular formula is C25H25F2N9O4S. The molecule has 1 aromatic carbocycles. The van der Waals surface area contributed by atoms with Gasteiger partial charge >= 0.3 is 6.61 Å². The van der Waals surface area contributed by atoms with Gasteiger partial charge in [0, 0.05) is 43.9 Å². The van der Waals surface area contributed by atoms with E-state index < -0.39 is 22.4 Å². The van der Waals surface area contributed by atoms with Crippen LogP contribution in [-0.4, -0.2) is 80.6 Å². The average Bonchev–Trinajstić information content (AvgIpc) is 3.66. The largest absolute Gasteiger partial charge is 0.434 e. The molecule has 0 bridgehead atoms.